The molecule has 1 aliphatic rings. The van der Waals surface area contributed by atoms with Crippen molar-refractivity contribution in [1.29, 1.82) is 5.26 Å². The molecule has 0 aliphatic carbocycles. The molecule has 2 aromatic rings. The predicted octanol–water partition coefficient (Wildman–Crippen LogP) is 1.85. The largest absolute Gasteiger partial charge is 0.352 e. The molecule has 130 valence electrons. The van der Waals surface area contributed by atoms with Crippen molar-refractivity contribution in [2.75, 3.05) is 19.6 Å². The Morgan fingerprint density at radius 2 is 2.32 bits per heavy atom. The van der Waals surface area contributed by atoms with Crippen LogP contribution in [0, 0.1) is 24.2 Å². The number of nitriles is 1. The molecule has 1 atom stereocenters. The van der Waals surface area contributed by atoms with Crippen LogP contribution in [-0.4, -0.2) is 40.2 Å². The van der Waals surface area contributed by atoms with Gasteiger partial charge in [-0.3, -0.25) is 14.4 Å². The average molecular weight is 337 g/mol. The second-order valence-corrected chi connectivity index (χ2v) is 6.67. The number of hydrogen-bond acceptors (Lipinski definition) is 4. The smallest absolute Gasteiger partial charge is 0.251 e. The molecule has 6 nitrogen and oxygen atoms in total. The lowest BCUT2D eigenvalue weighted by Gasteiger charge is -2.16. The molecule has 6 heteroatoms. The quantitative estimate of drug-likeness (QED) is 0.904. The molecule has 1 aliphatic heterocycles. The molecule has 0 unspecified atom stereocenters. The van der Waals surface area contributed by atoms with E-state index in [9.17, 15) is 4.79 Å². The van der Waals surface area contributed by atoms with E-state index in [1.165, 1.54) is 11.3 Å². The summed E-state index contributed by atoms with van der Waals surface area (Å²) in [5.74, 6) is 0.346. The van der Waals surface area contributed by atoms with Crippen molar-refractivity contribution < 1.29 is 4.79 Å². The van der Waals surface area contributed by atoms with Crippen LogP contribution in [0.3, 0.4) is 0 Å². The highest BCUT2D eigenvalue weighted by molar-refractivity contribution is 5.94. The van der Waals surface area contributed by atoms with E-state index in [-0.39, 0.29) is 5.91 Å². The fourth-order valence-electron chi connectivity index (χ4n) is 3.23. The van der Waals surface area contributed by atoms with E-state index in [0.29, 0.717) is 23.6 Å². The first kappa shape index (κ1) is 17.2. The molecule has 1 aromatic heterocycles. The fourth-order valence-corrected chi connectivity index (χ4v) is 3.23. The second-order valence-electron chi connectivity index (χ2n) is 6.67. The van der Waals surface area contributed by atoms with Crippen LogP contribution in [0.1, 0.15) is 33.6 Å². The highest BCUT2D eigenvalue weighted by Crippen LogP contribution is 2.19. The average Bonchev–Trinajstić information content (AvgIpc) is 3.21. The Hall–Kier alpha value is -2.65. The maximum atomic E-state index is 12.2. The van der Waals surface area contributed by atoms with Gasteiger partial charge >= 0.3 is 0 Å². The lowest BCUT2D eigenvalue weighted by molar-refractivity contribution is 0.0947. The van der Waals surface area contributed by atoms with E-state index in [1.54, 1.807) is 24.3 Å². The second kappa shape index (κ2) is 7.49. The van der Waals surface area contributed by atoms with E-state index in [0.717, 1.165) is 26.1 Å². The topological polar surface area (TPSA) is 74.0 Å². The normalized spacial score (nSPS) is 17.4. The predicted molar refractivity (Wildman–Crippen MR) is 94.8 cm³/mol. The van der Waals surface area contributed by atoms with Crippen LogP contribution in [0.4, 0.5) is 0 Å². The van der Waals surface area contributed by atoms with Crippen LogP contribution >= 0.6 is 0 Å². The van der Waals surface area contributed by atoms with E-state index in [1.807, 2.05) is 17.9 Å². The molecule has 0 bridgehead atoms. The molecule has 1 N–H and O–H groups in total. The lowest BCUT2D eigenvalue weighted by atomic mass is 10.1. The van der Waals surface area contributed by atoms with Crippen molar-refractivity contribution in [3.8, 4) is 6.07 Å². The van der Waals surface area contributed by atoms with E-state index in [2.05, 4.69) is 28.3 Å². The van der Waals surface area contributed by atoms with Gasteiger partial charge in [-0.25, -0.2) is 0 Å². The van der Waals surface area contributed by atoms with Gasteiger partial charge in [-0.2, -0.15) is 10.4 Å². The molecule has 1 saturated heterocycles. The number of nitrogens with zero attached hydrogens (tertiary/aromatic N) is 4. The van der Waals surface area contributed by atoms with Crippen LogP contribution < -0.4 is 5.32 Å². The maximum absolute atomic E-state index is 12.2. The number of benzene rings is 1. The third-order valence-corrected chi connectivity index (χ3v) is 4.91. The summed E-state index contributed by atoms with van der Waals surface area (Å²) in [4.78, 5) is 14.7. The van der Waals surface area contributed by atoms with Gasteiger partial charge in [0.2, 0.25) is 0 Å². The molecule has 1 aromatic carbocycles. The van der Waals surface area contributed by atoms with Crippen molar-refractivity contribution in [3.05, 3.63) is 52.8 Å². The zero-order chi connectivity index (χ0) is 17.8. The van der Waals surface area contributed by atoms with Gasteiger partial charge in [0.15, 0.2) is 0 Å². The zero-order valence-electron chi connectivity index (χ0n) is 14.7. The molecule has 0 radical (unpaired) electrons. The third-order valence-electron chi connectivity index (χ3n) is 4.91. The van der Waals surface area contributed by atoms with E-state index >= 15 is 0 Å². The molecule has 0 saturated carbocycles. The summed E-state index contributed by atoms with van der Waals surface area (Å²) in [6.45, 7) is 5.68. The Morgan fingerprint density at radius 3 is 3.04 bits per heavy atom. The summed E-state index contributed by atoms with van der Waals surface area (Å²) in [7, 11) is 1.96. The van der Waals surface area contributed by atoms with Gasteiger partial charge in [0.25, 0.3) is 5.91 Å². The Morgan fingerprint density at radius 1 is 1.48 bits per heavy atom. The summed E-state index contributed by atoms with van der Waals surface area (Å²) in [6, 6.07) is 8.86. The molecule has 2 heterocycles. The highest BCUT2D eigenvalue weighted by atomic mass is 16.1. The van der Waals surface area contributed by atoms with Crippen molar-refractivity contribution in [1.82, 2.24) is 20.0 Å². The summed E-state index contributed by atoms with van der Waals surface area (Å²) in [5.41, 5.74) is 3.51. The number of aryl methyl sites for hydroxylation is 1. The molecule has 1 amide bonds. The van der Waals surface area contributed by atoms with Gasteiger partial charge in [0, 0.05) is 43.5 Å². The number of carbonyl (C=O) groups excluding carboxylic acids is 1. The molecular formula is C19H23N5O. The van der Waals surface area contributed by atoms with E-state index in [4.69, 9.17) is 5.26 Å². The van der Waals surface area contributed by atoms with Crippen molar-refractivity contribution >= 4 is 5.91 Å². The van der Waals surface area contributed by atoms with Crippen molar-refractivity contribution in [2.24, 2.45) is 13.0 Å². The lowest BCUT2D eigenvalue weighted by Crippen LogP contribution is -2.31. The third kappa shape index (κ3) is 4.06. The van der Waals surface area contributed by atoms with Crippen LogP contribution in [0.25, 0.3) is 0 Å². The fraction of sp³-hybridized carbons (Fsp3) is 0.421. The van der Waals surface area contributed by atoms with Gasteiger partial charge < -0.3 is 5.32 Å². The Bertz CT molecular complexity index is 804. The summed E-state index contributed by atoms with van der Waals surface area (Å²) in [5, 5.41) is 16.2. The van der Waals surface area contributed by atoms with Gasteiger partial charge in [0.1, 0.15) is 0 Å². The molecule has 1 fully saturated rings. The SMILES string of the molecule is Cc1c(CN2CC[C@H](CNC(=O)c3cccc(C#N)c3)C2)cnn1C. The number of rotatable bonds is 5. The van der Waals surface area contributed by atoms with Gasteiger partial charge in [-0.05, 0) is 44.0 Å². The monoisotopic (exact) mass is 337 g/mol. The number of aromatic nitrogens is 2. The van der Waals surface area contributed by atoms with Gasteiger partial charge in [-0.15, -0.1) is 0 Å². The maximum Gasteiger partial charge on any atom is 0.251 e. The number of hydrogen-bond donors (Lipinski definition) is 1. The Balaban J connectivity index is 1.49. The van der Waals surface area contributed by atoms with Crippen molar-refractivity contribution in [3.63, 3.8) is 0 Å². The van der Waals surface area contributed by atoms with Crippen LogP contribution in [-0.2, 0) is 13.6 Å². The van der Waals surface area contributed by atoms with Gasteiger partial charge in [0.05, 0.1) is 17.8 Å². The first-order valence-electron chi connectivity index (χ1n) is 8.55. The Kier molecular flexibility index (Phi) is 5.15. The minimum absolute atomic E-state index is 0.112. The molecule has 0 spiro atoms. The molecule has 3 rings (SSSR count). The van der Waals surface area contributed by atoms with Crippen LogP contribution in [0.5, 0.6) is 0 Å². The van der Waals surface area contributed by atoms with Crippen LogP contribution in [0.15, 0.2) is 30.5 Å². The standard InChI is InChI=1S/C19H23N5O/c1-14-18(11-22-23(14)2)13-24-7-6-16(12-24)10-21-19(25)17-5-3-4-15(8-17)9-20/h3-5,8,11,16H,6-7,10,12-13H2,1-2H3,(H,21,25)/t16-/m1/s1. The first-order valence-corrected chi connectivity index (χ1v) is 8.55. The summed E-state index contributed by atoms with van der Waals surface area (Å²) >= 11 is 0. The van der Waals surface area contributed by atoms with Crippen LogP contribution in [0.2, 0.25) is 0 Å². The number of carbonyl (C=O) groups is 1. The highest BCUT2D eigenvalue weighted by Gasteiger charge is 2.24. The minimum atomic E-state index is -0.112. The molecule has 25 heavy (non-hydrogen) atoms. The summed E-state index contributed by atoms with van der Waals surface area (Å²) < 4.78 is 1.90. The summed E-state index contributed by atoms with van der Waals surface area (Å²) in [6.07, 6.45) is 3.02. The van der Waals surface area contributed by atoms with E-state index < -0.39 is 0 Å². The zero-order valence-corrected chi connectivity index (χ0v) is 14.7. The number of amides is 1. The Labute approximate surface area is 148 Å². The number of nitrogens with one attached hydrogen (secondary N) is 1. The number of likely N-dealkylation sites (tertiary alicyclic amines) is 1. The van der Waals surface area contributed by atoms with Crippen molar-refractivity contribution in [2.45, 2.75) is 19.9 Å². The van der Waals surface area contributed by atoms with Gasteiger partial charge in [-0.1, -0.05) is 6.07 Å². The minimum Gasteiger partial charge on any atom is -0.352 e. The molecular weight excluding hydrogens is 314 g/mol. The first-order chi connectivity index (χ1) is 12.1.